The zero-order valence-corrected chi connectivity index (χ0v) is 10.7. The molecular weight excluding hydrogens is 222 g/mol. The van der Waals surface area contributed by atoms with Gasteiger partial charge in [0.15, 0.2) is 0 Å². The Morgan fingerprint density at radius 3 is 2.94 bits per heavy atom. The average Bonchev–Trinajstić information content (AvgIpc) is 2.80. The molecule has 3 nitrogen and oxygen atoms in total. The lowest BCUT2D eigenvalue weighted by Crippen LogP contribution is -2.19. The SMILES string of the molecule is COCCOCCCNCCc1ccsc1. The molecule has 0 unspecified atom stereocenters. The highest BCUT2D eigenvalue weighted by molar-refractivity contribution is 7.07. The van der Waals surface area contributed by atoms with E-state index in [-0.39, 0.29) is 0 Å². The van der Waals surface area contributed by atoms with Gasteiger partial charge < -0.3 is 14.8 Å². The summed E-state index contributed by atoms with van der Waals surface area (Å²) in [6, 6.07) is 2.18. The molecule has 0 radical (unpaired) electrons. The molecule has 0 aliphatic carbocycles. The predicted molar refractivity (Wildman–Crippen MR) is 68.2 cm³/mol. The normalized spacial score (nSPS) is 10.8. The number of hydrogen-bond donors (Lipinski definition) is 1. The van der Waals surface area contributed by atoms with Crippen LogP contribution in [0.25, 0.3) is 0 Å². The Kier molecular flexibility index (Phi) is 8.34. The van der Waals surface area contributed by atoms with E-state index in [1.807, 2.05) is 0 Å². The summed E-state index contributed by atoms with van der Waals surface area (Å²) in [6.07, 6.45) is 2.18. The third-order valence-electron chi connectivity index (χ3n) is 2.24. The topological polar surface area (TPSA) is 30.5 Å². The lowest BCUT2D eigenvalue weighted by molar-refractivity contribution is 0.0695. The van der Waals surface area contributed by atoms with E-state index in [1.54, 1.807) is 18.4 Å². The van der Waals surface area contributed by atoms with Gasteiger partial charge in [0.1, 0.15) is 0 Å². The summed E-state index contributed by atoms with van der Waals surface area (Å²) >= 11 is 1.76. The van der Waals surface area contributed by atoms with E-state index < -0.39 is 0 Å². The summed E-state index contributed by atoms with van der Waals surface area (Å²) in [7, 11) is 1.69. The number of ether oxygens (including phenoxy) is 2. The second-order valence-corrected chi connectivity index (χ2v) is 4.37. The maximum Gasteiger partial charge on any atom is 0.0700 e. The van der Waals surface area contributed by atoms with Gasteiger partial charge in [-0.2, -0.15) is 11.3 Å². The lowest BCUT2D eigenvalue weighted by atomic mass is 10.2. The van der Waals surface area contributed by atoms with Crippen LogP contribution in [-0.4, -0.2) is 40.0 Å². The number of rotatable bonds is 10. The monoisotopic (exact) mass is 243 g/mol. The molecule has 1 aromatic heterocycles. The van der Waals surface area contributed by atoms with E-state index in [2.05, 4.69) is 22.1 Å². The van der Waals surface area contributed by atoms with Crippen LogP contribution in [0.3, 0.4) is 0 Å². The zero-order chi connectivity index (χ0) is 11.5. The number of thiophene rings is 1. The van der Waals surface area contributed by atoms with Crippen molar-refractivity contribution in [3.05, 3.63) is 22.4 Å². The van der Waals surface area contributed by atoms with E-state index in [9.17, 15) is 0 Å². The van der Waals surface area contributed by atoms with Gasteiger partial charge in [0.05, 0.1) is 13.2 Å². The summed E-state index contributed by atoms with van der Waals surface area (Å²) in [6.45, 7) is 4.28. The van der Waals surface area contributed by atoms with Gasteiger partial charge in [-0.05, 0) is 48.3 Å². The third-order valence-corrected chi connectivity index (χ3v) is 2.98. The Balaban J connectivity index is 1.78. The van der Waals surface area contributed by atoms with E-state index in [4.69, 9.17) is 9.47 Å². The second-order valence-electron chi connectivity index (χ2n) is 3.59. The van der Waals surface area contributed by atoms with Crippen molar-refractivity contribution in [2.24, 2.45) is 0 Å². The first kappa shape index (κ1) is 13.6. The first-order valence-electron chi connectivity index (χ1n) is 5.72. The minimum atomic E-state index is 0.686. The van der Waals surface area contributed by atoms with Crippen LogP contribution in [0.1, 0.15) is 12.0 Å². The molecule has 4 heteroatoms. The number of hydrogen-bond acceptors (Lipinski definition) is 4. The Morgan fingerprint density at radius 1 is 1.25 bits per heavy atom. The maximum absolute atomic E-state index is 5.36. The largest absolute Gasteiger partial charge is 0.382 e. The van der Waals surface area contributed by atoms with Crippen molar-refractivity contribution in [3.8, 4) is 0 Å². The van der Waals surface area contributed by atoms with Crippen LogP contribution in [0.15, 0.2) is 16.8 Å². The molecule has 1 N–H and O–H groups in total. The molecular formula is C12H21NO2S. The van der Waals surface area contributed by atoms with Crippen LogP contribution in [0.4, 0.5) is 0 Å². The van der Waals surface area contributed by atoms with Crippen LogP contribution < -0.4 is 5.32 Å². The maximum atomic E-state index is 5.36. The minimum Gasteiger partial charge on any atom is -0.382 e. The molecule has 1 heterocycles. The van der Waals surface area contributed by atoms with Crippen molar-refractivity contribution in [1.82, 2.24) is 5.32 Å². The second kappa shape index (κ2) is 9.78. The first-order chi connectivity index (χ1) is 7.93. The Bertz CT molecular complexity index is 239. The van der Waals surface area contributed by atoms with Crippen molar-refractivity contribution in [3.63, 3.8) is 0 Å². The minimum absolute atomic E-state index is 0.686. The van der Waals surface area contributed by atoms with Crippen LogP contribution in [-0.2, 0) is 15.9 Å². The van der Waals surface area contributed by atoms with Gasteiger partial charge in [-0.1, -0.05) is 0 Å². The van der Waals surface area contributed by atoms with Crippen LogP contribution in [0, 0.1) is 0 Å². The fraction of sp³-hybridized carbons (Fsp3) is 0.667. The molecule has 0 aliphatic rings. The fourth-order valence-electron chi connectivity index (χ4n) is 1.34. The predicted octanol–water partition coefficient (Wildman–Crippen LogP) is 1.93. The van der Waals surface area contributed by atoms with Crippen molar-refractivity contribution < 1.29 is 9.47 Å². The van der Waals surface area contributed by atoms with Crippen LogP contribution >= 0.6 is 11.3 Å². The van der Waals surface area contributed by atoms with Crippen LogP contribution in [0.2, 0.25) is 0 Å². The molecule has 0 aromatic carbocycles. The van der Waals surface area contributed by atoms with E-state index in [0.717, 1.165) is 32.5 Å². The molecule has 0 amide bonds. The molecule has 1 aromatic rings. The highest BCUT2D eigenvalue weighted by Gasteiger charge is 1.93. The summed E-state index contributed by atoms with van der Waals surface area (Å²) < 4.78 is 10.3. The molecule has 0 aliphatic heterocycles. The molecule has 0 bridgehead atoms. The van der Waals surface area contributed by atoms with Gasteiger partial charge in [-0.3, -0.25) is 0 Å². The smallest absolute Gasteiger partial charge is 0.0700 e. The highest BCUT2D eigenvalue weighted by atomic mass is 32.1. The standard InChI is InChI=1S/C12H21NO2S/c1-14-8-9-15-7-2-5-13-6-3-12-4-10-16-11-12/h4,10-11,13H,2-3,5-9H2,1H3. The third kappa shape index (κ3) is 6.95. The van der Waals surface area contributed by atoms with Gasteiger partial charge >= 0.3 is 0 Å². The highest BCUT2D eigenvalue weighted by Crippen LogP contribution is 2.05. The average molecular weight is 243 g/mol. The van der Waals surface area contributed by atoms with Gasteiger partial charge in [0, 0.05) is 13.7 Å². The first-order valence-corrected chi connectivity index (χ1v) is 6.66. The quantitative estimate of drug-likeness (QED) is 0.637. The van der Waals surface area contributed by atoms with Gasteiger partial charge in [-0.15, -0.1) is 0 Å². The molecule has 92 valence electrons. The number of methoxy groups -OCH3 is 1. The van der Waals surface area contributed by atoms with Gasteiger partial charge in [-0.25, -0.2) is 0 Å². The van der Waals surface area contributed by atoms with Gasteiger partial charge in [0.25, 0.3) is 0 Å². The summed E-state index contributed by atoms with van der Waals surface area (Å²) in [5.74, 6) is 0. The fourth-order valence-corrected chi connectivity index (χ4v) is 2.04. The Hall–Kier alpha value is -0.420. The van der Waals surface area contributed by atoms with E-state index >= 15 is 0 Å². The van der Waals surface area contributed by atoms with E-state index in [0.29, 0.717) is 13.2 Å². The molecule has 0 saturated heterocycles. The van der Waals surface area contributed by atoms with Gasteiger partial charge in [0.2, 0.25) is 0 Å². The van der Waals surface area contributed by atoms with Crippen molar-refractivity contribution in [1.29, 1.82) is 0 Å². The summed E-state index contributed by atoms with van der Waals surface area (Å²) in [5.41, 5.74) is 1.42. The molecule has 0 spiro atoms. The molecule has 0 saturated carbocycles. The Labute approximate surface area is 102 Å². The zero-order valence-electron chi connectivity index (χ0n) is 9.91. The van der Waals surface area contributed by atoms with Crippen molar-refractivity contribution >= 4 is 11.3 Å². The van der Waals surface area contributed by atoms with E-state index in [1.165, 1.54) is 5.56 Å². The molecule has 1 rings (SSSR count). The van der Waals surface area contributed by atoms with Crippen LogP contribution in [0.5, 0.6) is 0 Å². The molecule has 16 heavy (non-hydrogen) atoms. The van der Waals surface area contributed by atoms with Crippen molar-refractivity contribution in [2.75, 3.05) is 40.0 Å². The number of nitrogens with one attached hydrogen (secondary N) is 1. The Morgan fingerprint density at radius 2 is 2.19 bits per heavy atom. The summed E-state index contributed by atoms with van der Waals surface area (Å²) in [5, 5.41) is 7.74. The summed E-state index contributed by atoms with van der Waals surface area (Å²) in [4.78, 5) is 0. The lowest BCUT2D eigenvalue weighted by Gasteiger charge is -2.05. The molecule has 0 atom stereocenters. The molecule has 0 fully saturated rings. The van der Waals surface area contributed by atoms with Crippen molar-refractivity contribution in [2.45, 2.75) is 12.8 Å².